The van der Waals surface area contributed by atoms with E-state index in [1.165, 1.54) is 21.9 Å². The van der Waals surface area contributed by atoms with E-state index in [1.54, 1.807) is 20.8 Å². The summed E-state index contributed by atoms with van der Waals surface area (Å²) < 4.78 is 42.4. The Hall–Kier alpha value is -2.49. The van der Waals surface area contributed by atoms with Gasteiger partial charge in [-0.15, -0.1) is 13.2 Å². The lowest BCUT2D eigenvalue weighted by Gasteiger charge is -2.41. The average molecular weight is 487 g/mol. The molecule has 0 bridgehead atoms. The molecule has 1 aromatic rings. The van der Waals surface area contributed by atoms with Gasteiger partial charge < -0.3 is 19.8 Å². The van der Waals surface area contributed by atoms with Gasteiger partial charge in [0.15, 0.2) is 0 Å². The van der Waals surface area contributed by atoms with E-state index in [0.717, 1.165) is 18.6 Å². The average Bonchev–Trinajstić information content (AvgIpc) is 3.15. The molecule has 1 aliphatic carbocycles. The zero-order valence-electron chi connectivity index (χ0n) is 19.8. The lowest BCUT2D eigenvalue weighted by Crippen LogP contribution is -2.53. The Morgan fingerprint density at radius 2 is 1.82 bits per heavy atom. The molecule has 2 atom stereocenters. The molecule has 1 unspecified atom stereocenters. The Kier molecular flexibility index (Phi) is 7.40. The van der Waals surface area contributed by atoms with Gasteiger partial charge >= 0.3 is 12.5 Å². The fourth-order valence-electron chi connectivity index (χ4n) is 5.35. The molecule has 1 aliphatic heterocycles. The SMILES string of the molecule is CC(C)(C)N(C(=O)O)[C@@H]1CCN(C(=O)C(c2cccc(OC(F)(F)F)c2)C2(O)CCCCC2)C1. The first kappa shape index (κ1) is 26.1. The summed E-state index contributed by atoms with van der Waals surface area (Å²) in [5, 5.41) is 21.2. The number of benzene rings is 1. The van der Waals surface area contributed by atoms with Crippen LogP contribution in [-0.4, -0.2) is 68.6 Å². The molecule has 2 aliphatic rings. The van der Waals surface area contributed by atoms with E-state index in [-0.39, 0.29) is 12.1 Å². The van der Waals surface area contributed by atoms with Crippen molar-refractivity contribution in [3.8, 4) is 5.75 Å². The van der Waals surface area contributed by atoms with E-state index in [4.69, 9.17) is 0 Å². The number of nitrogens with zero attached hydrogens (tertiary/aromatic N) is 2. The van der Waals surface area contributed by atoms with E-state index < -0.39 is 47.2 Å². The normalized spacial score (nSPS) is 21.7. The van der Waals surface area contributed by atoms with Gasteiger partial charge in [-0.1, -0.05) is 31.4 Å². The number of hydrogen-bond donors (Lipinski definition) is 2. The summed E-state index contributed by atoms with van der Waals surface area (Å²) in [5.41, 5.74) is -1.81. The summed E-state index contributed by atoms with van der Waals surface area (Å²) in [6, 6.07) is 4.81. The summed E-state index contributed by atoms with van der Waals surface area (Å²) in [6.07, 6.45) is -2.48. The minimum absolute atomic E-state index is 0.160. The zero-order chi connectivity index (χ0) is 25.3. The maximum Gasteiger partial charge on any atom is 0.573 e. The lowest BCUT2D eigenvalue weighted by molar-refractivity contribution is -0.274. The summed E-state index contributed by atoms with van der Waals surface area (Å²) >= 11 is 0. The van der Waals surface area contributed by atoms with Crippen LogP contribution in [0.5, 0.6) is 5.75 Å². The third kappa shape index (κ3) is 5.95. The maximum atomic E-state index is 13.8. The molecule has 1 saturated carbocycles. The molecule has 34 heavy (non-hydrogen) atoms. The third-order valence-corrected chi connectivity index (χ3v) is 6.70. The Morgan fingerprint density at radius 3 is 2.38 bits per heavy atom. The summed E-state index contributed by atoms with van der Waals surface area (Å²) in [7, 11) is 0. The van der Waals surface area contributed by atoms with Gasteiger partial charge in [0.25, 0.3) is 0 Å². The van der Waals surface area contributed by atoms with Crippen LogP contribution in [0, 0.1) is 0 Å². The number of hydrogen-bond acceptors (Lipinski definition) is 4. The van der Waals surface area contributed by atoms with E-state index in [2.05, 4.69) is 4.74 Å². The van der Waals surface area contributed by atoms with Gasteiger partial charge in [-0.05, 0) is 57.7 Å². The van der Waals surface area contributed by atoms with Crippen molar-refractivity contribution >= 4 is 12.0 Å². The van der Waals surface area contributed by atoms with E-state index in [1.807, 2.05) is 0 Å². The second-order valence-electron chi connectivity index (χ2n) is 10.3. The molecule has 0 aromatic heterocycles. The number of amides is 2. The van der Waals surface area contributed by atoms with Crippen molar-refractivity contribution in [2.75, 3.05) is 13.1 Å². The molecule has 0 radical (unpaired) electrons. The molecule has 2 fully saturated rings. The number of carboxylic acid groups (broad SMARTS) is 1. The molecule has 7 nitrogen and oxygen atoms in total. The van der Waals surface area contributed by atoms with Crippen molar-refractivity contribution in [3.63, 3.8) is 0 Å². The molecule has 1 saturated heterocycles. The van der Waals surface area contributed by atoms with Crippen molar-refractivity contribution in [3.05, 3.63) is 29.8 Å². The van der Waals surface area contributed by atoms with Gasteiger partial charge in [0.2, 0.25) is 5.91 Å². The molecule has 3 rings (SSSR count). The van der Waals surface area contributed by atoms with Gasteiger partial charge in [0.05, 0.1) is 17.6 Å². The second-order valence-corrected chi connectivity index (χ2v) is 10.3. The Bertz CT molecular complexity index is 893. The molecule has 2 amide bonds. The molecule has 1 aromatic carbocycles. The standard InChI is InChI=1S/C24H33F3N2O5/c1-22(2,3)29(21(31)32)17-10-13-28(15-17)20(30)19(23(33)11-5-4-6-12-23)16-8-7-9-18(14-16)34-24(25,26)27/h7-9,14,17,19,33H,4-6,10-13,15H2,1-3H3,(H,31,32)/t17-,19?/m1/s1. The van der Waals surface area contributed by atoms with Crippen LogP contribution >= 0.6 is 0 Å². The number of carbonyl (C=O) groups is 2. The first-order chi connectivity index (χ1) is 15.7. The van der Waals surface area contributed by atoms with Crippen molar-refractivity contribution in [1.29, 1.82) is 0 Å². The highest BCUT2D eigenvalue weighted by Gasteiger charge is 2.47. The lowest BCUT2D eigenvalue weighted by atomic mass is 9.72. The summed E-state index contributed by atoms with van der Waals surface area (Å²) in [5.74, 6) is -1.93. The van der Waals surface area contributed by atoms with Crippen LogP contribution < -0.4 is 4.74 Å². The van der Waals surface area contributed by atoms with Gasteiger partial charge in [-0.25, -0.2) is 4.79 Å². The van der Waals surface area contributed by atoms with Gasteiger partial charge in [-0.3, -0.25) is 9.69 Å². The smallest absolute Gasteiger partial charge is 0.465 e. The van der Waals surface area contributed by atoms with Crippen LogP contribution in [0.3, 0.4) is 0 Å². The predicted molar refractivity (Wildman–Crippen MR) is 119 cm³/mol. The minimum Gasteiger partial charge on any atom is -0.465 e. The maximum absolute atomic E-state index is 13.8. The summed E-state index contributed by atoms with van der Waals surface area (Å²) in [4.78, 5) is 28.5. The third-order valence-electron chi connectivity index (χ3n) is 6.70. The molecule has 2 N–H and O–H groups in total. The van der Waals surface area contributed by atoms with Crippen molar-refractivity contribution in [2.24, 2.45) is 0 Å². The van der Waals surface area contributed by atoms with Crippen molar-refractivity contribution in [1.82, 2.24) is 9.80 Å². The number of aliphatic hydroxyl groups is 1. The molecule has 1 heterocycles. The Morgan fingerprint density at radius 1 is 1.18 bits per heavy atom. The van der Waals surface area contributed by atoms with E-state index in [9.17, 15) is 33.0 Å². The first-order valence-corrected chi connectivity index (χ1v) is 11.6. The van der Waals surface area contributed by atoms with Crippen LogP contribution in [-0.2, 0) is 4.79 Å². The number of ether oxygens (including phenoxy) is 1. The van der Waals surface area contributed by atoms with Crippen LogP contribution in [0.4, 0.5) is 18.0 Å². The quantitative estimate of drug-likeness (QED) is 0.627. The molecular formula is C24H33F3N2O5. The van der Waals surface area contributed by atoms with Crippen LogP contribution in [0.15, 0.2) is 24.3 Å². The van der Waals surface area contributed by atoms with Crippen molar-refractivity contribution < 1.29 is 37.7 Å². The van der Waals surface area contributed by atoms with Crippen LogP contribution in [0.1, 0.15) is 70.8 Å². The molecule has 10 heteroatoms. The number of likely N-dealkylation sites (tertiary alicyclic amines) is 1. The molecule has 190 valence electrons. The number of rotatable bonds is 5. The van der Waals surface area contributed by atoms with E-state index in [0.29, 0.717) is 38.6 Å². The monoisotopic (exact) mass is 486 g/mol. The fourth-order valence-corrected chi connectivity index (χ4v) is 5.35. The number of halogens is 3. The van der Waals surface area contributed by atoms with E-state index >= 15 is 0 Å². The number of alkyl halides is 3. The largest absolute Gasteiger partial charge is 0.573 e. The Labute approximate surface area is 197 Å². The predicted octanol–water partition coefficient (Wildman–Crippen LogP) is 4.74. The summed E-state index contributed by atoms with van der Waals surface area (Å²) in [6.45, 7) is 5.81. The zero-order valence-corrected chi connectivity index (χ0v) is 19.8. The fraction of sp³-hybridized carbons (Fsp3) is 0.667. The topological polar surface area (TPSA) is 90.3 Å². The van der Waals surface area contributed by atoms with Gasteiger partial charge in [0.1, 0.15) is 5.75 Å². The van der Waals surface area contributed by atoms with Gasteiger partial charge in [-0.2, -0.15) is 0 Å². The molecular weight excluding hydrogens is 453 g/mol. The number of carbonyl (C=O) groups excluding carboxylic acids is 1. The second kappa shape index (κ2) is 9.64. The van der Waals surface area contributed by atoms with Crippen molar-refractivity contribution in [2.45, 2.75) is 88.8 Å². The Balaban J connectivity index is 1.92. The minimum atomic E-state index is -4.88. The highest BCUT2D eigenvalue weighted by atomic mass is 19.4. The highest BCUT2D eigenvalue weighted by Crippen LogP contribution is 2.43. The van der Waals surface area contributed by atoms with Crippen LogP contribution in [0.2, 0.25) is 0 Å². The van der Waals surface area contributed by atoms with Crippen LogP contribution in [0.25, 0.3) is 0 Å². The first-order valence-electron chi connectivity index (χ1n) is 11.6. The van der Waals surface area contributed by atoms with Gasteiger partial charge in [0, 0.05) is 18.6 Å². The highest BCUT2D eigenvalue weighted by molar-refractivity contribution is 5.86. The molecule has 0 spiro atoms.